The normalized spacial score (nSPS) is 14.5. The van der Waals surface area contributed by atoms with Gasteiger partial charge >= 0.3 is 5.22 Å². The molecule has 0 atom stereocenters. The Morgan fingerprint density at radius 3 is 2.62 bits per heavy atom. The first-order chi connectivity index (χ1) is 11.4. The first-order valence-electron chi connectivity index (χ1n) is 7.51. The van der Waals surface area contributed by atoms with Crippen molar-refractivity contribution in [2.45, 2.75) is 30.2 Å². The molecule has 0 unspecified atom stereocenters. The summed E-state index contributed by atoms with van der Waals surface area (Å²) in [7, 11) is -3.80. The monoisotopic (exact) mass is 353 g/mol. The molecule has 2 aromatic rings. The molecule has 1 aromatic heterocycles. The Morgan fingerprint density at radius 2 is 1.96 bits per heavy atom. The molecule has 1 fully saturated rings. The molecule has 1 aliphatic rings. The van der Waals surface area contributed by atoms with Gasteiger partial charge < -0.3 is 9.73 Å². The Labute approximate surface area is 138 Å². The highest BCUT2D eigenvalue weighted by Crippen LogP contribution is 2.28. The molecule has 1 amide bonds. The highest BCUT2D eigenvalue weighted by atomic mass is 32.2. The van der Waals surface area contributed by atoms with Crippen LogP contribution in [0.1, 0.15) is 24.3 Å². The minimum Gasteiger partial charge on any atom is -0.412 e. The fourth-order valence-corrected chi connectivity index (χ4v) is 3.25. The zero-order chi connectivity index (χ0) is 17.2. The van der Waals surface area contributed by atoms with Gasteiger partial charge in [0, 0.05) is 18.9 Å². The van der Waals surface area contributed by atoms with Gasteiger partial charge in [0.2, 0.25) is 21.6 Å². The minimum atomic E-state index is -3.80. The van der Waals surface area contributed by atoms with Crippen LogP contribution in [0.15, 0.2) is 33.9 Å². The fraction of sp³-hybridized carbons (Fsp3) is 0.400. The van der Waals surface area contributed by atoms with Crippen molar-refractivity contribution in [2.75, 3.05) is 6.54 Å². The van der Waals surface area contributed by atoms with E-state index in [1.54, 1.807) is 0 Å². The van der Waals surface area contributed by atoms with Crippen molar-refractivity contribution < 1.29 is 22.0 Å². The van der Waals surface area contributed by atoms with E-state index in [-0.39, 0.29) is 29.9 Å². The van der Waals surface area contributed by atoms with Crippen molar-refractivity contribution in [2.24, 2.45) is 5.92 Å². The molecule has 0 spiro atoms. The molecule has 7 nitrogen and oxygen atoms in total. The van der Waals surface area contributed by atoms with Gasteiger partial charge in [0.05, 0.1) is 5.75 Å². The van der Waals surface area contributed by atoms with Gasteiger partial charge in [-0.2, -0.15) is 0 Å². The molecular weight excluding hydrogens is 337 g/mol. The topological polar surface area (TPSA) is 102 Å². The average Bonchev–Trinajstić information content (AvgIpc) is 3.28. The summed E-state index contributed by atoms with van der Waals surface area (Å²) in [5.41, 5.74) is 0.424. The number of aromatic nitrogens is 2. The Bertz CT molecular complexity index is 829. The largest absolute Gasteiger partial charge is 0.412 e. The molecule has 1 heterocycles. The maximum Gasteiger partial charge on any atom is 0.335 e. The Balaban J connectivity index is 1.58. The van der Waals surface area contributed by atoms with Crippen LogP contribution in [0.3, 0.4) is 0 Å². The zero-order valence-corrected chi connectivity index (χ0v) is 13.6. The molecule has 1 saturated carbocycles. The molecule has 128 valence electrons. The van der Waals surface area contributed by atoms with Gasteiger partial charge in [-0.25, -0.2) is 12.8 Å². The molecule has 0 bridgehead atoms. The number of nitrogens with one attached hydrogen (secondary N) is 1. The Kier molecular flexibility index (Phi) is 4.61. The summed E-state index contributed by atoms with van der Waals surface area (Å²) in [5, 5.41) is 9.50. The van der Waals surface area contributed by atoms with Gasteiger partial charge in [0.15, 0.2) is 0 Å². The molecule has 1 aliphatic carbocycles. The van der Waals surface area contributed by atoms with E-state index in [4.69, 9.17) is 4.42 Å². The van der Waals surface area contributed by atoms with Crippen LogP contribution in [0.25, 0.3) is 0 Å². The van der Waals surface area contributed by atoms with Crippen LogP contribution in [-0.4, -0.2) is 31.1 Å². The number of carbonyl (C=O) groups is 1. The van der Waals surface area contributed by atoms with Gasteiger partial charge in [0.25, 0.3) is 0 Å². The summed E-state index contributed by atoms with van der Waals surface area (Å²) in [5.74, 6) is -0.542. The summed E-state index contributed by atoms with van der Waals surface area (Å²) in [6.07, 6.45) is 2.09. The lowest BCUT2D eigenvalue weighted by Crippen LogP contribution is -2.26. The lowest BCUT2D eigenvalue weighted by atomic mass is 10.2. The van der Waals surface area contributed by atoms with E-state index in [0.29, 0.717) is 12.1 Å². The fourth-order valence-electron chi connectivity index (χ4n) is 2.11. The van der Waals surface area contributed by atoms with E-state index in [1.165, 1.54) is 24.3 Å². The second-order valence-electron chi connectivity index (χ2n) is 5.66. The third-order valence-electron chi connectivity index (χ3n) is 3.57. The molecule has 3 rings (SSSR count). The number of amides is 1. The number of carbonyl (C=O) groups excluding carboxylic acids is 1. The predicted octanol–water partition coefficient (Wildman–Crippen LogP) is 1.25. The van der Waals surface area contributed by atoms with Gasteiger partial charge in [-0.15, -0.1) is 5.10 Å². The first kappa shape index (κ1) is 16.6. The molecule has 0 radical (unpaired) electrons. The summed E-state index contributed by atoms with van der Waals surface area (Å²) in [6, 6.07) is 5.15. The number of hydrogen-bond donors (Lipinski definition) is 1. The second kappa shape index (κ2) is 6.68. The van der Waals surface area contributed by atoms with E-state index in [2.05, 4.69) is 15.5 Å². The first-order valence-corrected chi connectivity index (χ1v) is 9.16. The number of nitrogens with zero attached hydrogens (tertiary/aromatic N) is 2. The summed E-state index contributed by atoms with van der Waals surface area (Å²) >= 11 is 0. The van der Waals surface area contributed by atoms with Crippen molar-refractivity contribution in [1.82, 2.24) is 15.5 Å². The number of sulfone groups is 1. The van der Waals surface area contributed by atoms with Crippen molar-refractivity contribution in [3.8, 4) is 0 Å². The Morgan fingerprint density at radius 1 is 1.25 bits per heavy atom. The molecule has 1 aromatic carbocycles. The van der Waals surface area contributed by atoms with Crippen LogP contribution in [0, 0.1) is 11.7 Å². The third-order valence-corrected chi connectivity index (χ3v) is 4.98. The number of hydrogen-bond acceptors (Lipinski definition) is 6. The summed E-state index contributed by atoms with van der Waals surface area (Å²) in [4.78, 5) is 11.5. The van der Waals surface area contributed by atoms with Gasteiger partial charge in [-0.1, -0.05) is 17.2 Å². The maximum atomic E-state index is 12.9. The highest BCUT2D eigenvalue weighted by Gasteiger charge is 2.29. The van der Waals surface area contributed by atoms with Crippen molar-refractivity contribution in [3.63, 3.8) is 0 Å². The molecule has 0 saturated heterocycles. The van der Waals surface area contributed by atoms with Gasteiger partial charge in [-0.3, -0.25) is 4.79 Å². The molecule has 1 N–H and O–H groups in total. The van der Waals surface area contributed by atoms with Gasteiger partial charge in [-0.05, 0) is 30.5 Å². The van der Waals surface area contributed by atoms with Crippen LogP contribution in [-0.2, 0) is 26.8 Å². The van der Waals surface area contributed by atoms with Crippen molar-refractivity contribution in [1.29, 1.82) is 0 Å². The second-order valence-corrected chi connectivity index (χ2v) is 7.53. The van der Waals surface area contributed by atoms with Crippen molar-refractivity contribution in [3.05, 3.63) is 41.5 Å². The SMILES string of the molecule is O=C(NCCc1nnc(S(=O)(=O)Cc2ccc(F)cc2)o1)C1CC1. The van der Waals surface area contributed by atoms with E-state index < -0.39 is 20.9 Å². The standard InChI is InChI=1S/C15H16FN3O4S/c16-12-5-1-10(2-6-12)9-24(21,22)15-19-18-13(23-15)7-8-17-14(20)11-3-4-11/h1-2,5-6,11H,3-4,7-9H2,(H,17,20). The average molecular weight is 353 g/mol. The third kappa shape index (κ3) is 4.16. The van der Waals surface area contributed by atoms with E-state index in [0.717, 1.165) is 12.8 Å². The number of halogens is 1. The highest BCUT2D eigenvalue weighted by molar-refractivity contribution is 7.90. The van der Waals surface area contributed by atoms with Crippen LogP contribution in [0.2, 0.25) is 0 Å². The quantitative estimate of drug-likeness (QED) is 0.804. The number of rotatable bonds is 7. The molecule has 9 heteroatoms. The lowest BCUT2D eigenvalue weighted by molar-refractivity contribution is -0.122. The lowest BCUT2D eigenvalue weighted by Gasteiger charge is -2.01. The molecule has 0 aliphatic heterocycles. The predicted molar refractivity (Wildman–Crippen MR) is 81.0 cm³/mol. The number of benzene rings is 1. The van der Waals surface area contributed by atoms with Crippen LogP contribution < -0.4 is 5.32 Å². The van der Waals surface area contributed by atoms with Crippen LogP contribution in [0.5, 0.6) is 0 Å². The summed E-state index contributed by atoms with van der Waals surface area (Å²) < 4.78 is 42.5. The van der Waals surface area contributed by atoms with Gasteiger partial charge in [0.1, 0.15) is 5.82 Å². The minimum absolute atomic E-state index is 0.00123. The van der Waals surface area contributed by atoms with E-state index >= 15 is 0 Å². The zero-order valence-electron chi connectivity index (χ0n) is 12.7. The molecule has 24 heavy (non-hydrogen) atoms. The maximum absolute atomic E-state index is 12.9. The van der Waals surface area contributed by atoms with E-state index in [9.17, 15) is 17.6 Å². The van der Waals surface area contributed by atoms with Crippen molar-refractivity contribution >= 4 is 15.7 Å². The van der Waals surface area contributed by atoms with Crippen LogP contribution >= 0.6 is 0 Å². The van der Waals surface area contributed by atoms with E-state index in [1.807, 2.05) is 0 Å². The Hall–Kier alpha value is -2.29. The molecular formula is C15H16FN3O4S. The summed E-state index contributed by atoms with van der Waals surface area (Å²) in [6.45, 7) is 0.314. The van der Waals surface area contributed by atoms with Crippen LogP contribution in [0.4, 0.5) is 4.39 Å². The smallest absolute Gasteiger partial charge is 0.335 e.